The van der Waals surface area contributed by atoms with Crippen LogP contribution in [0.2, 0.25) is 0 Å². The van der Waals surface area contributed by atoms with Gasteiger partial charge in [-0.05, 0) is 6.92 Å². The lowest BCUT2D eigenvalue weighted by molar-refractivity contribution is -0.109. The lowest BCUT2D eigenvalue weighted by atomic mass is 10.2. The van der Waals surface area contributed by atoms with Gasteiger partial charge in [-0.3, -0.25) is 0 Å². The highest BCUT2D eigenvalue weighted by Crippen LogP contribution is 1.88. The molecule has 0 saturated heterocycles. The number of allylic oxidation sites excluding steroid dienone is 2. The molecule has 0 bridgehead atoms. The summed E-state index contributed by atoms with van der Waals surface area (Å²) >= 11 is 0. The number of hydrogen-bond donors (Lipinski definition) is 0. The van der Waals surface area contributed by atoms with E-state index in [-0.39, 0.29) is 5.92 Å². The van der Waals surface area contributed by atoms with Crippen LogP contribution in [-0.2, 0) is 4.79 Å². The van der Waals surface area contributed by atoms with Crippen LogP contribution in [0.25, 0.3) is 0 Å². The molecule has 0 rings (SSSR count). The fourth-order valence-electron chi connectivity index (χ4n) is 0.349. The molecule has 0 amide bonds. The molecule has 0 aliphatic carbocycles. The van der Waals surface area contributed by atoms with Gasteiger partial charge >= 0.3 is 0 Å². The SMILES string of the molecule is C/C=C\C(C)C=O. The minimum Gasteiger partial charge on any atom is -0.303 e. The molecule has 0 N–H and O–H groups in total. The Hall–Kier alpha value is -0.590. The summed E-state index contributed by atoms with van der Waals surface area (Å²) in [7, 11) is 0. The first-order chi connectivity index (χ1) is 3.31. The van der Waals surface area contributed by atoms with Crippen molar-refractivity contribution in [2.75, 3.05) is 0 Å². The number of aldehydes is 1. The lowest BCUT2D eigenvalue weighted by Gasteiger charge is -1.86. The quantitative estimate of drug-likeness (QED) is 0.377. The van der Waals surface area contributed by atoms with Crippen LogP contribution in [0.4, 0.5) is 0 Å². The van der Waals surface area contributed by atoms with Crippen LogP contribution in [0.5, 0.6) is 0 Å². The molecule has 0 fully saturated rings. The van der Waals surface area contributed by atoms with Gasteiger partial charge in [-0.2, -0.15) is 0 Å². The van der Waals surface area contributed by atoms with Gasteiger partial charge in [-0.15, -0.1) is 0 Å². The number of hydrogen-bond acceptors (Lipinski definition) is 1. The fourth-order valence-corrected chi connectivity index (χ4v) is 0.349. The summed E-state index contributed by atoms with van der Waals surface area (Å²) in [6, 6.07) is 0. The zero-order valence-corrected chi connectivity index (χ0v) is 4.72. The summed E-state index contributed by atoms with van der Waals surface area (Å²) < 4.78 is 0. The predicted octanol–water partition coefficient (Wildman–Crippen LogP) is 1.40. The second-order valence-electron chi connectivity index (χ2n) is 1.52. The zero-order chi connectivity index (χ0) is 5.70. The highest BCUT2D eigenvalue weighted by molar-refractivity contribution is 5.55. The second-order valence-corrected chi connectivity index (χ2v) is 1.52. The molecule has 1 unspecified atom stereocenters. The van der Waals surface area contributed by atoms with E-state index >= 15 is 0 Å². The average molecular weight is 98.1 g/mol. The van der Waals surface area contributed by atoms with E-state index < -0.39 is 0 Å². The number of rotatable bonds is 2. The summed E-state index contributed by atoms with van der Waals surface area (Å²) in [5, 5.41) is 0. The average Bonchev–Trinajstić information content (AvgIpc) is 1.68. The smallest absolute Gasteiger partial charge is 0.126 e. The molecule has 7 heavy (non-hydrogen) atoms. The topological polar surface area (TPSA) is 17.1 Å². The summed E-state index contributed by atoms with van der Waals surface area (Å²) in [6.07, 6.45) is 4.64. The van der Waals surface area contributed by atoms with Gasteiger partial charge in [-0.25, -0.2) is 0 Å². The summed E-state index contributed by atoms with van der Waals surface area (Å²) in [5.74, 6) is 0.0880. The van der Waals surface area contributed by atoms with Crippen molar-refractivity contribution < 1.29 is 4.79 Å². The van der Waals surface area contributed by atoms with Crippen LogP contribution in [0, 0.1) is 5.92 Å². The molecule has 0 saturated carbocycles. The third-order valence-corrected chi connectivity index (χ3v) is 0.711. The Labute approximate surface area is 44.0 Å². The molecular formula is C6H10O. The van der Waals surface area contributed by atoms with Crippen molar-refractivity contribution in [1.82, 2.24) is 0 Å². The lowest BCUT2D eigenvalue weighted by Crippen LogP contribution is -1.86. The molecule has 1 heteroatoms. The maximum absolute atomic E-state index is 9.84. The first kappa shape index (κ1) is 6.41. The van der Waals surface area contributed by atoms with E-state index in [4.69, 9.17) is 0 Å². The largest absolute Gasteiger partial charge is 0.303 e. The third kappa shape index (κ3) is 3.23. The van der Waals surface area contributed by atoms with E-state index in [0.29, 0.717) is 0 Å². The highest BCUT2D eigenvalue weighted by atomic mass is 16.1. The van der Waals surface area contributed by atoms with Crippen molar-refractivity contribution in [2.24, 2.45) is 5.92 Å². The van der Waals surface area contributed by atoms with E-state index in [0.717, 1.165) is 6.29 Å². The second kappa shape index (κ2) is 3.59. The minimum absolute atomic E-state index is 0.0880. The molecule has 0 aromatic heterocycles. The molecule has 0 aliphatic rings. The van der Waals surface area contributed by atoms with E-state index in [1.165, 1.54) is 0 Å². The van der Waals surface area contributed by atoms with Crippen LogP contribution >= 0.6 is 0 Å². The van der Waals surface area contributed by atoms with Gasteiger partial charge in [0.15, 0.2) is 0 Å². The van der Waals surface area contributed by atoms with Gasteiger partial charge in [0, 0.05) is 5.92 Å². The molecule has 1 atom stereocenters. The van der Waals surface area contributed by atoms with Crippen LogP contribution < -0.4 is 0 Å². The Kier molecular flexibility index (Phi) is 3.29. The molecule has 0 heterocycles. The Bertz CT molecular complexity index is 74.2. The number of carbonyl (C=O) groups excluding carboxylic acids is 1. The Morgan fingerprint density at radius 1 is 1.57 bits per heavy atom. The van der Waals surface area contributed by atoms with Crippen molar-refractivity contribution in [3.8, 4) is 0 Å². The molecule has 40 valence electrons. The standard InChI is InChI=1S/C6H10O/c1-3-4-6(2)5-7/h3-6H,1-2H3/b4-3-. The monoisotopic (exact) mass is 98.1 g/mol. The van der Waals surface area contributed by atoms with Crippen molar-refractivity contribution in [1.29, 1.82) is 0 Å². The van der Waals surface area contributed by atoms with Gasteiger partial charge in [0.1, 0.15) is 6.29 Å². The maximum Gasteiger partial charge on any atom is 0.126 e. The van der Waals surface area contributed by atoms with Crippen LogP contribution in [0.3, 0.4) is 0 Å². The Morgan fingerprint density at radius 3 is 2.29 bits per heavy atom. The Balaban J connectivity index is 3.35. The fraction of sp³-hybridized carbons (Fsp3) is 0.500. The summed E-state index contributed by atoms with van der Waals surface area (Å²) in [4.78, 5) is 9.84. The first-order valence-electron chi connectivity index (χ1n) is 2.39. The van der Waals surface area contributed by atoms with Crippen molar-refractivity contribution in [3.63, 3.8) is 0 Å². The van der Waals surface area contributed by atoms with Gasteiger partial charge in [0.2, 0.25) is 0 Å². The summed E-state index contributed by atoms with van der Waals surface area (Å²) in [6.45, 7) is 3.76. The molecule has 0 aromatic carbocycles. The predicted molar refractivity (Wildman–Crippen MR) is 30.0 cm³/mol. The molecule has 0 spiro atoms. The van der Waals surface area contributed by atoms with Crippen LogP contribution in [0.1, 0.15) is 13.8 Å². The van der Waals surface area contributed by atoms with E-state index in [2.05, 4.69) is 0 Å². The van der Waals surface area contributed by atoms with Crippen LogP contribution in [0.15, 0.2) is 12.2 Å². The molecule has 0 aliphatic heterocycles. The number of carbonyl (C=O) groups is 1. The van der Waals surface area contributed by atoms with Gasteiger partial charge in [-0.1, -0.05) is 19.1 Å². The van der Waals surface area contributed by atoms with Gasteiger partial charge in [0.05, 0.1) is 0 Å². The van der Waals surface area contributed by atoms with Gasteiger partial charge in [0.25, 0.3) is 0 Å². The van der Waals surface area contributed by atoms with Crippen molar-refractivity contribution >= 4 is 6.29 Å². The summed E-state index contributed by atoms with van der Waals surface area (Å²) in [5.41, 5.74) is 0. The normalized spacial score (nSPS) is 14.6. The van der Waals surface area contributed by atoms with Gasteiger partial charge < -0.3 is 4.79 Å². The minimum atomic E-state index is 0.0880. The molecule has 0 aromatic rings. The third-order valence-electron chi connectivity index (χ3n) is 0.711. The molecule has 0 radical (unpaired) electrons. The highest BCUT2D eigenvalue weighted by Gasteiger charge is 1.86. The molecular weight excluding hydrogens is 88.1 g/mol. The van der Waals surface area contributed by atoms with Crippen LogP contribution in [-0.4, -0.2) is 6.29 Å². The van der Waals surface area contributed by atoms with Crippen molar-refractivity contribution in [2.45, 2.75) is 13.8 Å². The van der Waals surface area contributed by atoms with Crippen molar-refractivity contribution in [3.05, 3.63) is 12.2 Å². The van der Waals surface area contributed by atoms with E-state index in [9.17, 15) is 4.79 Å². The maximum atomic E-state index is 9.84. The first-order valence-corrected chi connectivity index (χ1v) is 2.39. The van der Waals surface area contributed by atoms with E-state index in [1.807, 2.05) is 26.0 Å². The zero-order valence-electron chi connectivity index (χ0n) is 4.72. The Morgan fingerprint density at radius 2 is 2.14 bits per heavy atom. The molecule has 1 nitrogen and oxygen atoms in total. The van der Waals surface area contributed by atoms with E-state index in [1.54, 1.807) is 0 Å².